The van der Waals surface area contributed by atoms with Gasteiger partial charge in [-0.15, -0.1) is 0 Å². The van der Waals surface area contributed by atoms with Gasteiger partial charge in [0.05, 0.1) is 4.92 Å². The Hall–Kier alpha value is -2.71. The fourth-order valence-electron chi connectivity index (χ4n) is 2.29. The van der Waals surface area contributed by atoms with Crippen LogP contribution in [0, 0.1) is 10.1 Å². The van der Waals surface area contributed by atoms with Crippen LogP contribution in [0.4, 0.5) is 11.5 Å². The number of rotatable bonds is 4. The second-order valence-corrected chi connectivity index (χ2v) is 4.51. The number of anilines is 1. The molecule has 1 atom stereocenters. The Labute approximate surface area is 119 Å². The molecule has 1 aromatic heterocycles. The number of hydrogen-bond acceptors (Lipinski definition) is 6. The maximum atomic E-state index is 11.8. The van der Waals surface area contributed by atoms with Crippen LogP contribution in [-0.4, -0.2) is 46.0 Å². The van der Waals surface area contributed by atoms with Crippen molar-refractivity contribution in [1.82, 2.24) is 10.3 Å². The predicted octanol–water partition coefficient (Wildman–Crippen LogP) is 0.403. The molecule has 0 bridgehead atoms. The minimum absolute atomic E-state index is 0.0819. The maximum Gasteiger partial charge on any atom is 0.354 e. The molecular formula is C12H14N4O5. The summed E-state index contributed by atoms with van der Waals surface area (Å²) in [6, 6.07) is 1.58. The number of piperazine rings is 1. The first-order valence-corrected chi connectivity index (χ1v) is 6.38. The molecule has 0 saturated carbocycles. The molecule has 0 aromatic carbocycles. The van der Waals surface area contributed by atoms with Gasteiger partial charge in [0.15, 0.2) is 5.69 Å². The van der Waals surface area contributed by atoms with Crippen molar-refractivity contribution < 1.29 is 19.6 Å². The number of nitro groups is 1. The topological polar surface area (TPSA) is 126 Å². The van der Waals surface area contributed by atoms with E-state index in [1.165, 1.54) is 4.90 Å². The maximum absolute atomic E-state index is 11.8. The second-order valence-electron chi connectivity index (χ2n) is 4.51. The number of carboxylic acid groups (broad SMARTS) is 1. The molecule has 9 heteroatoms. The quantitative estimate of drug-likeness (QED) is 0.608. The van der Waals surface area contributed by atoms with Crippen molar-refractivity contribution >= 4 is 23.4 Å². The summed E-state index contributed by atoms with van der Waals surface area (Å²) in [4.78, 5) is 38.7. The van der Waals surface area contributed by atoms with Crippen LogP contribution in [-0.2, 0) is 4.79 Å². The number of aromatic nitrogens is 1. The van der Waals surface area contributed by atoms with E-state index in [1.54, 1.807) is 6.92 Å². The summed E-state index contributed by atoms with van der Waals surface area (Å²) < 4.78 is 0. The molecule has 0 aliphatic carbocycles. The van der Waals surface area contributed by atoms with Crippen molar-refractivity contribution in [2.24, 2.45) is 0 Å². The smallest absolute Gasteiger partial charge is 0.354 e. The van der Waals surface area contributed by atoms with Crippen LogP contribution < -0.4 is 10.2 Å². The van der Waals surface area contributed by atoms with Gasteiger partial charge in [-0.25, -0.2) is 9.78 Å². The first kappa shape index (κ1) is 14.7. The van der Waals surface area contributed by atoms with Crippen molar-refractivity contribution in [3.63, 3.8) is 0 Å². The zero-order chi connectivity index (χ0) is 15.6. The molecule has 1 amide bonds. The molecule has 0 spiro atoms. The number of aromatic carboxylic acids is 1. The average Bonchev–Trinajstić information content (AvgIpc) is 2.46. The number of pyridine rings is 1. The number of carbonyl (C=O) groups excluding carboxylic acids is 1. The van der Waals surface area contributed by atoms with Crippen molar-refractivity contribution in [1.29, 1.82) is 0 Å². The van der Waals surface area contributed by atoms with E-state index >= 15 is 0 Å². The Kier molecular flexibility index (Phi) is 4.01. The fourth-order valence-corrected chi connectivity index (χ4v) is 2.29. The lowest BCUT2D eigenvalue weighted by Gasteiger charge is -2.35. The first-order chi connectivity index (χ1) is 9.95. The Morgan fingerprint density at radius 3 is 2.90 bits per heavy atom. The molecule has 21 heavy (non-hydrogen) atoms. The van der Waals surface area contributed by atoms with Crippen LogP contribution in [0.25, 0.3) is 0 Å². The van der Waals surface area contributed by atoms with Crippen LogP contribution in [0.2, 0.25) is 0 Å². The Balaban J connectivity index is 2.53. The van der Waals surface area contributed by atoms with Gasteiger partial charge < -0.3 is 15.3 Å². The lowest BCUT2D eigenvalue weighted by molar-refractivity contribution is -0.384. The monoisotopic (exact) mass is 294 g/mol. The third-order valence-corrected chi connectivity index (χ3v) is 3.26. The highest BCUT2D eigenvalue weighted by molar-refractivity contribution is 5.89. The van der Waals surface area contributed by atoms with Gasteiger partial charge in [0.1, 0.15) is 6.04 Å². The van der Waals surface area contributed by atoms with E-state index < -0.39 is 16.9 Å². The van der Waals surface area contributed by atoms with Crippen LogP contribution in [0.15, 0.2) is 12.1 Å². The third kappa shape index (κ3) is 2.76. The second kappa shape index (κ2) is 5.73. The number of amides is 1. The van der Waals surface area contributed by atoms with E-state index in [4.69, 9.17) is 5.11 Å². The van der Waals surface area contributed by atoms with Crippen LogP contribution in [0.3, 0.4) is 0 Å². The molecule has 1 aromatic rings. The highest BCUT2D eigenvalue weighted by Crippen LogP contribution is 2.29. The highest BCUT2D eigenvalue weighted by Gasteiger charge is 2.33. The molecule has 2 heterocycles. The zero-order valence-corrected chi connectivity index (χ0v) is 11.3. The van der Waals surface area contributed by atoms with Gasteiger partial charge in [0, 0.05) is 19.2 Å². The molecule has 1 aliphatic heterocycles. The van der Waals surface area contributed by atoms with Gasteiger partial charge >= 0.3 is 11.7 Å². The van der Waals surface area contributed by atoms with Gasteiger partial charge in [-0.1, -0.05) is 6.92 Å². The minimum Gasteiger partial charge on any atom is -0.477 e. The fraction of sp³-hybridized carbons (Fsp3) is 0.417. The van der Waals surface area contributed by atoms with E-state index in [-0.39, 0.29) is 23.1 Å². The SMILES string of the molecule is CCC1C(=O)NCCN1c1nc(C(=O)O)ccc1[N+](=O)[O-]. The number of carboxylic acids is 1. The molecule has 0 radical (unpaired) electrons. The summed E-state index contributed by atoms with van der Waals surface area (Å²) >= 11 is 0. The van der Waals surface area contributed by atoms with E-state index in [0.717, 1.165) is 12.1 Å². The van der Waals surface area contributed by atoms with Gasteiger partial charge in [-0.2, -0.15) is 0 Å². The van der Waals surface area contributed by atoms with Crippen molar-refractivity contribution in [2.45, 2.75) is 19.4 Å². The zero-order valence-electron chi connectivity index (χ0n) is 11.3. The number of nitrogens with zero attached hydrogens (tertiary/aromatic N) is 3. The summed E-state index contributed by atoms with van der Waals surface area (Å²) in [6.07, 6.45) is 0.433. The van der Waals surface area contributed by atoms with E-state index in [9.17, 15) is 19.7 Å². The summed E-state index contributed by atoms with van der Waals surface area (Å²) in [5.41, 5.74) is -0.607. The highest BCUT2D eigenvalue weighted by atomic mass is 16.6. The summed E-state index contributed by atoms with van der Waals surface area (Å²) in [5.74, 6) is -1.61. The Morgan fingerprint density at radius 1 is 1.62 bits per heavy atom. The summed E-state index contributed by atoms with van der Waals surface area (Å²) in [6.45, 7) is 2.43. The first-order valence-electron chi connectivity index (χ1n) is 6.38. The molecule has 1 fully saturated rings. The molecular weight excluding hydrogens is 280 g/mol. The molecule has 2 rings (SSSR count). The lowest BCUT2D eigenvalue weighted by atomic mass is 10.1. The van der Waals surface area contributed by atoms with Gasteiger partial charge in [0.25, 0.3) is 0 Å². The van der Waals surface area contributed by atoms with Gasteiger partial charge in [0.2, 0.25) is 11.7 Å². The molecule has 2 N–H and O–H groups in total. The van der Waals surface area contributed by atoms with Crippen LogP contribution in [0.1, 0.15) is 23.8 Å². The van der Waals surface area contributed by atoms with Gasteiger partial charge in [-0.05, 0) is 12.5 Å². The largest absolute Gasteiger partial charge is 0.477 e. The minimum atomic E-state index is -1.28. The molecule has 1 saturated heterocycles. The number of carbonyl (C=O) groups is 2. The van der Waals surface area contributed by atoms with E-state index in [0.29, 0.717) is 19.5 Å². The van der Waals surface area contributed by atoms with Crippen molar-refractivity contribution in [2.75, 3.05) is 18.0 Å². The number of hydrogen-bond donors (Lipinski definition) is 2. The van der Waals surface area contributed by atoms with Crippen LogP contribution >= 0.6 is 0 Å². The molecule has 1 unspecified atom stereocenters. The van der Waals surface area contributed by atoms with Crippen molar-refractivity contribution in [3.8, 4) is 0 Å². The molecule has 9 nitrogen and oxygen atoms in total. The molecule has 1 aliphatic rings. The molecule has 112 valence electrons. The predicted molar refractivity (Wildman–Crippen MR) is 72.3 cm³/mol. The normalized spacial score (nSPS) is 18.2. The Morgan fingerprint density at radius 2 is 2.33 bits per heavy atom. The lowest BCUT2D eigenvalue weighted by Crippen LogP contribution is -2.55. The third-order valence-electron chi connectivity index (χ3n) is 3.26. The van der Waals surface area contributed by atoms with Crippen LogP contribution in [0.5, 0.6) is 0 Å². The number of nitrogens with one attached hydrogen (secondary N) is 1. The van der Waals surface area contributed by atoms with E-state index in [1.807, 2.05) is 0 Å². The standard InChI is InChI=1S/C12H14N4O5/c1-2-8-11(17)13-5-6-15(8)10-9(16(20)21)4-3-7(14-10)12(18)19/h3-4,8H,2,5-6H2,1H3,(H,13,17)(H,18,19). The average molecular weight is 294 g/mol. The Bertz CT molecular complexity index is 603. The van der Waals surface area contributed by atoms with Gasteiger partial charge in [-0.3, -0.25) is 14.9 Å². The summed E-state index contributed by atoms with van der Waals surface area (Å²) in [7, 11) is 0. The van der Waals surface area contributed by atoms with Crippen molar-refractivity contribution in [3.05, 3.63) is 27.9 Å². The summed E-state index contributed by atoms with van der Waals surface area (Å²) in [5, 5.41) is 22.8. The van der Waals surface area contributed by atoms with E-state index in [2.05, 4.69) is 10.3 Å².